The number of nitrogens with zero attached hydrogens (tertiary/aromatic N) is 4. The predicted octanol–water partition coefficient (Wildman–Crippen LogP) is 3.32. The molecule has 0 aliphatic carbocycles. The van der Waals surface area contributed by atoms with E-state index in [0.29, 0.717) is 10.0 Å². The molecule has 1 aliphatic rings. The minimum atomic E-state index is 0.226. The predicted molar refractivity (Wildman–Crippen MR) is 91.8 cm³/mol. The second-order valence-electron chi connectivity index (χ2n) is 5.84. The summed E-state index contributed by atoms with van der Waals surface area (Å²) >= 11 is 12.5. The van der Waals surface area contributed by atoms with Gasteiger partial charge in [-0.3, -0.25) is 4.90 Å². The van der Waals surface area contributed by atoms with E-state index in [-0.39, 0.29) is 5.92 Å². The molecule has 1 aliphatic heterocycles. The zero-order valence-corrected chi connectivity index (χ0v) is 14.8. The summed E-state index contributed by atoms with van der Waals surface area (Å²) in [5.74, 6) is 1.85. The van der Waals surface area contributed by atoms with Gasteiger partial charge in [0.2, 0.25) is 0 Å². The van der Waals surface area contributed by atoms with Crippen LogP contribution in [-0.4, -0.2) is 52.5 Å². The van der Waals surface area contributed by atoms with Crippen molar-refractivity contribution in [2.24, 2.45) is 0 Å². The third-order valence-corrected chi connectivity index (χ3v) is 4.51. The Balaban J connectivity index is 1.89. The van der Waals surface area contributed by atoms with E-state index in [0.717, 1.165) is 50.2 Å². The van der Waals surface area contributed by atoms with Crippen LogP contribution in [0.1, 0.15) is 24.5 Å². The molecule has 2 aromatic rings. The van der Waals surface area contributed by atoms with E-state index in [4.69, 9.17) is 27.9 Å². The summed E-state index contributed by atoms with van der Waals surface area (Å²) in [7, 11) is 0. The van der Waals surface area contributed by atoms with E-state index < -0.39 is 0 Å². The molecule has 2 heterocycles. The fourth-order valence-corrected chi connectivity index (χ4v) is 3.19. The molecule has 5 nitrogen and oxygen atoms in total. The summed E-state index contributed by atoms with van der Waals surface area (Å²) in [6.45, 7) is 8.45. The molecule has 1 aromatic carbocycles. The molecule has 0 radical (unpaired) electrons. The summed E-state index contributed by atoms with van der Waals surface area (Å²) in [6, 6.07) is 5.38. The Morgan fingerprint density at radius 2 is 2.00 bits per heavy atom. The molecular weight excluding hydrogens is 335 g/mol. The van der Waals surface area contributed by atoms with Gasteiger partial charge < -0.3 is 4.74 Å². The van der Waals surface area contributed by atoms with Gasteiger partial charge in [0.25, 0.3) is 0 Å². The smallest absolute Gasteiger partial charge is 0.148 e. The number of morpholine rings is 1. The number of aryl methyl sites for hydroxylation is 1. The van der Waals surface area contributed by atoms with Crippen LogP contribution in [0.3, 0.4) is 0 Å². The van der Waals surface area contributed by atoms with Crippen LogP contribution < -0.4 is 0 Å². The lowest BCUT2D eigenvalue weighted by Crippen LogP contribution is -2.38. The largest absolute Gasteiger partial charge is 0.379 e. The van der Waals surface area contributed by atoms with E-state index in [2.05, 4.69) is 21.9 Å². The quantitative estimate of drug-likeness (QED) is 0.844. The maximum Gasteiger partial charge on any atom is 0.148 e. The monoisotopic (exact) mass is 354 g/mol. The molecule has 124 valence electrons. The highest BCUT2D eigenvalue weighted by Crippen LogP contribution is 2.27. The van der Waals surface area contributed by atoms with Gasteiger partial charge >= 0.3 is 0 Å². The maximum atomic E-state index is 6.33. The summed E-state index contributed by atoms with van der Waals surface area (Å²) in [5.41, 5.74) is 0.767. The van der Waals surface area contributed by atoms with E-state index in [1.54, 1.807) is 12.1 Å². The highest BCUT2D eigenvalue weighted by atomic mass is 35.5. The minimum Gasteiger partial charge on any atom is -0.379 e. The molecule has 1 aromatic heterocycles. The molecule has 0 amide bonds. The van der Waals surface area contributed by atoms with Crippen LogP contribution in [0.25, 0.3) is 5.69 Å². The fourth-order valence-electron chi connectivity index (χ4n) is 2.83. The fraction of sp³-hybridized carbons (Fsp3) is 0.500. The van der Waals surface area contributed by atoms with E-state index in [9.17, 15) is 0 Å². The molecule has 1 saturated heterocycles. The van der Waals surface area contributed by atoms with Gasteiger partial charge in [-0.25, -0.2) is 9.67 Å². The molecular formula is C16H20Cl2N4O. The first-order valence-corrected chi connectivity index (χ1v) is 8.49. The first-order chi connectivity index (χ1) is 11.0. The van der Waals surface area contributed by atoms with Gasteiger partial charge in [-0.05, 0) is 25.1 Å². The van der Waals surface area contributed by atoms with Crippen molar-refractivity contribution in [2.75, 3.05) is 32.8 Å². The zero-order chi connectivity index (χ0) is 16.4. The Labute approximate surface area is 146 Å². The summed E-state index contributed by atoms with van der Waals surface area (Å²) in [4.78, 5) is 7.01. The van der Waals surface area contributed by atoms with Gasteiger partial charge in [-0.2, -0.15) is 5.10 Å². The lowest BCUT2D eigenvalue weighted by Gasteiger charge is -2.28. The molecule has 3 rings (SSSR count). The molecule has 0 spiro atoms. The zero-order valence-electron chi connectivity index (χ0n) is 13.3. The van der Waals surface area contributed by atoms with Crippen molar-refractivity contribution < 1.29 is 4.74 Å². The molecule has 7 heteroatoms. The summed E-state index contributed by atoms with van der Waals surface area (Å²) in [6.07, 6.45) is 0. The lowest BCUT2D eigenvalue weighted by atomic mass is 10.1. The van der Waals surface area contributed by atoms with Crippen LogP contribution in [0.15, 0.2) is 18.2 Å². The Kier molecular flexibility index (Phi) is 5.21. The highest BCUT2D eigenvalue weighted by molar-refractivity contribution is 6.34. The molecule has 0 saturated carbocycles. The van der Waals surface area contributed by atoms with Crippen molar-refractivity contribution in [3.8, 4) is 5.69 Å². The second kappa shape index (κ2) is 7.18. The second-order valence-corrected chi connectivity index (χ2v) is 6.68. The lowest BCUT2D eigenvalue weighted by molar-refractivity contribution is 0.0353. The Bertz CT molecular complexity index is 683. The van der Waals surface area contributed by atoms with Crippen molar-refractivity contribution in [3.63, 3.8) is 0 Å². The van der Waals surface area contributed by atoms with Crippen LogP contribution in [0, 0.1) is 6.92 Å². The van der Waals surface area contributed by atoms with Gasteiger partial charge in [0, 0.05) is 30.6 Å². The third-order valence-electron chi connectivity index (χ3n) is 3.95. The van der Waals surface area contributed by atoms with E-state index in [1.807, 2.05) is 17.7 Å². The average molecular weight is 355 g/mol. The number of ether oxygens (including phenoxy) is 1. The van der Waals surface area contributed by atoms with Crippen molar-refractivity contribution in [1.82, 2.24) is 19.7 Å². The van der Waals surface area contributed by atoms with Crippen LogP contribution in [-0.2, 0) is 4.74 Å². The summed E-state index contributed by atoms with van der Waals surface area (Å²) < 4.78 is 7.22. The van der Waals surface area contributed by atoms with Crippen LogP contribution >= 0.6 is 23.2 Å². The van der Waals surface area contributed by atoms with Crippen molar-refractivity contribution in [1.29, 1.82) is 0 Å². The number of hydrogen-bond donors (Lipinski definition) is 0. The standard InChI is InChI=1S/C16H20Cl2N4O/c1-11(10-21-5-7-23-8-6-21)16-19-12(2)20-22(16)15-9-13(17)3-4-14(15)18/h3-4,9,11H,5-8,10H2,1-2H3/t11-/m0/s1. The van der Waals surface area contributed by atoms with Gasteiger partial charge in [0.1, 0.15) is 11.6 Å². The molecule has 23 heavy (non-hydrogen) atoms. The van der Waals surface area contributed by atoms with Gasteiger partial charge in [-0.15, -0.1) is 0 Å². The number of hydrogen-bond acceptors (Lipinski definition) is 4. The SMILES string of the molecule is Cc1nc([C@@H](C)CN2CCOCC2)n(-c2cc(Cl)ccc2Cl)n1. The van der Waals surface area contributed by atoms with E-state index >= 15 is 0 Å². The van der Waals surface area contributed by atoms with Crippen molar-refractivity contribution in [2.45, 2.75) is 19.8 Å². The molecule has 1 fully saturated rings. The molecule has 0 unspecified atom stereocenters. The molecule has 0 N–H and O–H groups in total. The van der Waals surface area contributed by atoms with Gasteiger partial charge in [-0.1, -0.05) is 30.1 Å². The van der Waals surface area contributed by atoms with Crippen molar-refractivity contribution >= 4 is 23.2 Å². The minimum absolute atomic E-state index is 0.226. The number of aromatic nitrogens is 3. The molecule has 1 atom stereocenters. The van der Waals surface area contributed by atoms with Crippen molar-refractivity contribution in [3.05, 3.63) is 39.9 Å². The maximum absolute atomic E-state index is 6.33. The Morgan fingerprint density at radius 3 is 2.74 bits per heavy atom. The summed E-state index contributed by atoms with van der Waals surface area (Å²) in [5, 5.41) is 5.76. The Morgan fingerprint density at radius 1 is 1.26 bits per heavy atom. The Hall–Kier alpha value is -1.14. The van der Waals surface area contributed by atoms with Gasteiger partial charge in [0.15, 0.2) is 0 Å². The van der Waals surface area contributed by atoms with Crippen LogP contribution in [0.5, 0.6) is 0 Å². The number of rotatable bonds is 4. The topological polar surface area (TPSA) is 43.2 Å². The van der Waals surface area contributed by atoms with Crippen LogP contribution in [0.2, 0.25) is 10.0 Å². The number of benzene rings is 1. The highest BCUT2D eigenvalue weighted by Gasteiger charge is 2.21. The molecule has 0 bridgehead atoms. The first kappa shape index (κ1) is 16.7. The first-order valence-electron chi connectivity index (χ1n) is 7.73. The normalized spacial score (nSPS) is 17.4. The third kappa shape index (κ3) is 3.86. The van der Waals surface area contributed by atoms with E-state index in [1.165, 1.54) is 0 Å². The number of halogens is 2. The van der Waals surface area contributed by atoms with Crippen LogP contribution in [0.4, 0.5) is 0 Å². The average Bonchev–Trinajstić information content (AvgIpc) is 2.92. The van der Waals surface area contributed by atoms with Gasteiger partial charge in [0.05, 0.1) is 23.9 Å².